The van der Waals surface area contributed by atoms with Crippen LogP contribution in [0.4, 0.5) is 0 Å². The maximum atomic E-state index is 5.95. The molecule has 0 radical (unpaired) electrons. The Bertz CT molecular complexity index is 595. The van der Waals surface area contributed by atoms with Gasteiger partial charge >= 0.3 is 0 Å². The lowest BCUT2D eigenvalue weighted by Gasteiger charge is -2.05. The van der Waals surface area contributed by atoms with Crippen LogP contribution in [0.5, 0.6) is 0 Å². The Balaban J connectivity index is 1.79. The van der Waals surface area contributed by atoms with E-state index in [4.69, 9.17) is 15.0 Å². The van der Waals surface area contributed by atoms with Crippen molar-refractivity contribution >= 4 is 0 Å². The molecular formula is C15H19N3O2. The third kappa shape index (κ3) is 2.59. The molecule has 0 spiro atoms. The average molecular weight is 273 g/mol. The van der Waals surface area contributed by atoms with Gasteiger partial charge in [0, 0.05) is 12.2 Å². The fraction of sp³-hybridized carbons (Fsp3) is 0.467. The molecule has 2 aromatic rings. The zero-order valence-corrected chi connectivity index (χ0v) is 11.6. The highest BCUT2D eigenvalue weighted by atomic mass is 16.5. The number of nitrogens with zero attached hydrogens (tertiary/aromatic N) is 2. The molecule has 2 N–H and O–H groups in total. The van der Waals surface area contributed by atoms with Crippen molar-refractivity contribution in [2.75, 3.05) is 13.2 Å². The van der Waals surface area contributed by atoms with Crippen LogP contribution in [0.15, 0.2) is 22.7 Å². The Kier molecular flexibility index (Phi) is 3.80. The van der Waals surface area contributed by atoms with Crippen molar-refractivity contribution in [3.8, 4) is 11.5 Å². The van der Waals surface area contributed by atoms with Gasteiger partial charge in [-0.05, 0) is 49.4 Å². The van der Waals surface area contributed by atoms with Crippen LogP contribution in [-0.4, -0.2) is 23.4 Å². The number of benzene rings is 1. The normalized spacial score (nSPS) is 15.3. The van der Waals surface area contributed by atoms with Crippen LogP contribution in [0.1, 0.15) is 36.3 Å². The molecule has 0 bridgehead atoms. The van der Waals surface area contributed by atoms with Crippen LogP contribution in [0.2, 0.25) is 0 Å². The molecule has 1 heterocycles. The van der Waals surface area contributed by atoms with Crippen LogP contribution >= 0.6 is 0 Å². The summed E-state index contributed by atoms with van der Waals surface area (Å²) in [5, 5.41) is 3.95. The molecule has 1 unspecified atom stereocenters. The van der Waals surface area contributed by atoms with Gasteiger partial charge in [0.2, 0.25) is 0 Å². The van der Waals surface area contributed by atoms with E-state index in [0.717, 1.165) is 12.0 Å². The highest BCUT2D eigenvalue weighted by molar-refractivity contribution is 5.56. The van der Waals surface area contributed by atoms with Gasteiger partial charge < -0.3 is 15.0 Å². The summed E-state index contributed by atoms with van der Waals surface area (Å²) < 4.78 is 10.6. The molecule has 20 heavy (non-hydrogen) atoms. The smallest absolute Gasteiger partial charge is 0.257 e. The van der Waals surface area contributed by atoms with E-state index in [2.05, 4.69) is 22.3 Å². The molecule has 1 aliphatic rings. The third-order valence-corrected chi connectivity index (χ3v) is 3.62. The summed E-state index contributed by atoms with van der Waals surface area (Å²) in [4.78, 5) is 4.38. The Morgan fingerprint density at radius 2 is 2.20 bits per heavy atom. The van der Waals surface area contributed by atoms with Crippen LogP contribution in [0, 0.1) is 0 Å². The van der Waals surface area contributed by atoms with Crippen molar-refractivity contribution < 1.29 is 9.26 Å². The number of nitrogens with two attached hydrogens (primary N) is 1. The van der Waals surface area contributed by atoms with Crippen LogP contribution < -0.4 is 5.73 Å². The summed E-state index contributed by atoms with van der Waals surface area (Å²) in [6.45, 7) is 2.96. The molecule has 5 nitrogen and oxygen atoms in total. The van der Waals surface area contributed by atoms with Crippen LogP contribution in [0.25, 0.3) is 11.5 Å². The Labute approximate surface area is 118 Å². The number of fused-ring (bicyclic) bond motifs is 1. The molecule has 0 saturated carbocycles. The maximum absolute atomic E-state index is 5.95. The number of aryl methyl sites for hydroxylation is 2. The third-order valence-electron chi connectivity index (χ3n) is 3.62. The van der Waals surface area contributed by atoms with E-state index in [1.165, 1.54) is 24.0 Å². The van der Waals surface area contributed by atoms with E-state index in [1.54, 1.807) is 0 Å². The molecule has 0 fully saturated rings. The number of rotatable bonds is 5. The van der Waals surface area contributed by atoms with Gasteiger partial charge in [-0.3, -0.25) is 0 Å². The van der Waals surface area contributed by atoms with Gasteiger partial charge in [-0.25, -0.2) is 0 Å². The van der Waals surface area contributed by atoms with Gasteiger partial charge in [-0.1, -0.05) is 11.2 Å². The van der Waals surface area contributed by atoms with Gasteiger partial charge in [0.05, 0.1) is 12.6 Å². The summed E-state index contributed by atoms with van der Waals surface area (Å²) in [7, 11) is 0. The van der Waals surface area contributed by atoms with Crippen molar-refractivity contribution in [1.82, 2.24) is 10.1 Å². The van der Waals surface area contributed by atoms with Crippen molar-refractivity contribution in [2.45, 2.75) is 32.2 Å². The average Bonchev–Trinajstić information content (AvgIpc) is 3.12. The second-order valence-corrected chi connectivity index (χ2v) is 5.06. The number of aromatic nitrogens is 2. The summed E-state index contributed by atoms with van der Waals surface area (Å²) in [6, 6.07) is 5.99. The molecule has 3 rings (SSSR count). The minimum atomic E-state index is -0.345. The molecule has 106 valence electrons. The monoisotopic (exact) mass is 273 g/mol. The topological polar surface area (TPSA) is 74.2 Å². The molecular weight excluding hydrogens is 254 g/mol. The molecule has 1 aromatic carbocycles. The van der Waals surface area contributed by atoms with Gasteiger partial charge in [0.15, 0.2) is 5.82 Å². The van der Waals surface area contributed by atoms with Crippen LogP contribution in [-0.2, 0) is 17.6 Å². The van der Waals surface area contributed by atoms with E-state index >= 15 is 0 Å². The largest absolute Gasteiger partial charge is 0.380 e. The minimum Gasteiger partial charge on any atom is -0.380 e. The standard InChI is InChI=1S/C15H19N3O2/c1-2-19-9-13(16)14-17-15(20-18-14)12-7-6-10-4-3-5-11(10)8-12/h6-8,13H,2-5,9,16H2,1H3. The zero-order valence-electron chi connectivity index (χ0n) is 11.6. The quantitative estimate of drug-likeness (QED) is 0.904. The summed E-state index contributed by atoms with van der Waals surface area (Å²) in [5.41, 5.74) is 9.74. The Morgan fingerprint density at radius 3 is 3.05 bits per heavy atom. The van der Waals surface area contributed by atoms with E-state index in [-0.39, 0.29) is 6.04 Å². The molecule has 0 amide bonds. The predicted molar refractivity (Wildman–Crippen MR) is 75.2 cm³/mol. The molecule has 1 aromatic heterocycles. The predicted octanol–water partition coefficient (Wildman–Crippen LogP) is 2.26. The lowest BCUT2D eigenvalue weighted by Crippen LogP contribution is -2.18. The fourth-order valence-corrected chi connectivity index (χ4v) is 2.53. The van der Waals surface area contributed by atoms with E-state index in [9.17, 15) is 0 Å². The lowest BCUT2D eigenvalue weighted by molar-refractivity contribution is 0.130. The minimum absolute atomic E-state index is 0.345. The molecule has 0 aliphatic heterocycles. The van der Waals surface area contributed by atoms with Crippen molar-refractivity contribution in [2.24, 2.45) is 5.73 Å². The van der Waals surface area contributed by atoms with E-state index < -0.39 is 0 Å². The zero-order chi connectivity index (χ0) is 13.9. The van der Waals surface area contributed by atoms with Crippen molar-refractivity contribution in [1.29, 1.82) is 0 Å². The number of hydrogen-bond acceptors (Lipinski definition) is 5. The first kappa shape index (κ1) is 13.3. The summed E-state index contributed by atoms with van der Waals surface area (Å²) in [5.74, 6) is 1.02. The van der Waals surface area contributed by atoms with Gasteiger partial charge in [-0.2, -0.15) is 4.98 Å². The highest BCUT2D eigenvalue weighted by Crippen LogP contribution is 2.27. The van der Waals surface area contributed by atoms with Gasteiger partial charge in [0.1, 0.15) is 0 Å². The SMILES string of the molecule is CCOCC(N)c1noc(-c2ccc3c(c2)CCC3)n1. The van der Waals surface area contributed by atoms with Gasteiger partial charge in [-0.15, -0.1) is 0 Å². The molecule has 0 saturated heterocycles. The van der Waals surface area contributed by atoms with E-state index in [1.807, 2.05) is 13.0 Å². The molecule has 1 atom stereocenters. The maximum Gasteiger partial charge on any atom is 0.257 e. The fourth-order valence-electron chi connectivity index (χ4n) is 2.53. The first-order valence-electron chi connectivity index (χ1n) is 7.07. The van der Waals surface area contributed by atoms with E-state index in [0.29, 0.717) is 24.9 Å². The number of hydrogen-bond donors (Lipinski definition) is 1. The summed E-state index contributed by atoms with van der Waals surface area (Å²) >= 11 is 0. The summed E-state index contributed by atoms with van der Waals surface area (Å²) in [6.07, 6.45) is 3.53. The first-order valence-corrected chi connectivity index (χ1v) is 7.07. The van der Waals surface area contributed by atoms with Crippen LogP contribution in [0.3, 0.4) is 0 Å². The first-order chi connectivity index (χ1) is 9.78. The van der Waals surface area contributed by atoms with Gasteiger partial charge in [0.25, 0.3) is 5.89 Å². The lowest BCUT2D eigenvalue weighted by atomic mass is 10.1. The van der Waals surface area contributed by atoms with Crippen molar-refractivity contribution in [3.63, 3.8) is 0 Å². The molecule has 5 heteroatoms. The number of ether oxygens (including phenoxy) is 1. The second kappa shape index (κ2) is 5.73. The highest BCUT2D eigenvalue weighted by Gasteiger charge is 2.17. The molecule has 1 aliphatic carbocycles. The Hall–Kier alpha value is -1.72. The second-order valence-electron chi connectivity index (χ2n) is 5.06. The Morgan fingerprint density at radius 1 is 1.35 bits per heavy atom. The van der Waals surface area contributed by atoms with Crippen molar-refractivity contribution in [3.05, 3.63) is 35.2 Å².